The van der Waals surface area contributed by atoms with Crippen molar-refractivity contribution in [3.63, 3.8) is 0 Å². The summed E-state index contributed by atoms with van der Waals surface area (Å²) >= 11 is 6.08. The van der Waals surface area contributed by atoms with E-state index in [0.717, 1.165) is 43.6 Å². The largest absolute Gasteiger partial charge is 0.343 e. The molecule has 1 fully saturated rings. The third-order valence-corrected chi connectivity index (χ3v) is 3.66. The number of aromatic nitrogens is 2. The number of unbranched alkanes of at least 4 members (excludes halogenated alkanes) is 1. The standard InChI is InChI=1S/C13H22ClN3O/c1-2-3-8-12-16-11(13(14)17-12)9-15-18-10-6-4-5-7-10/h10,15H,2-9H2,1H3,(H,16,17). The Hall–Kier alpha value is -0.580. The highest BCUT2D eigenvalue weighted by Gasteiger charge is 2.16. The number of nitrogens with zero attached hydrogens (tertiary/aromatic N) is 1. The lowest BCUT2D eigenvalue weighted by molar-refractivity contribution is -0.0248. The maximum Gasteiger partial charge on any atom is 0.151 e. The summed E-state index contributed by atoms with van der Waals surface area (Å²) in [7, 11) is 0. The predicted octanol–water partition coefficient (Wildman–Crippen LogP) is 3.37. The molecule has 0 aromatic carbocycles. The van der Waals surface area contributed by atoms with Crippen molar-refractivity contribution < 1.29 is 4.84 Å². The van der Waals surface area contributed by atoms with Gasteiger partial charge < -0.3 is 4.98 Å². The van der Waals surface area contributed by atoms with Crippen LogP contribution in [-0.2, 0) is 17.8 Å². The van der Waals surface area contributed by atoms with Crippen LogP contribution in [0.25, 0.3) is 0 Å². The minimum Gasteiger partial charge on any atom is -0.343 e. The van der Waals surface area contributed by atoms with E-state index in [0.29, 0.717) is 17.8 Å². The van der Waals surface area contributed by atoms with Gasteiger partial charge in [-0.1, -0.05) is 37.8 Å². The molecule has 0 atom stereocenters. The normalized spacial score (nSPS) is 16.6. The van der Waals surface area contributed by atoms with Crippen LogP contribution in [0.15, 0.2) is 0 Å². The molecule has 2 rings (SSSR count). The van der Waals surface area contributed by atoms with Crippen LogP contribution in [-0.4, -0.2) is 16.1 Å². The molecule has 0 saturated heterocycles. The molecule has 0 spiro atoms. The number of rotatable bonds is 7. The number of aryl methyl sites for hydroxylation is 1. The Labute approximate surface area is 113 Å². The summed E-state index contributed by atoms with van der Waals surface area (Å²) in [4.78, 5) is 13.2. The molecule has 0 radical (unpaired) electrons. The first-order valence-corrected chi connectivity index (χ1v) is 7.29. The first-order chi connectivity index (χ1) is 8.79. The van der Waals surface area contributed by atoms with Gasteiger partial charge in [-0.2, -0.15) is 5.48 Å². The van der Waals surface area contributed by atoms with Crippen LogP contribution >= 0.6 is 11.6 Å². The van der Waals surface area contributed by atoms with Gasteiger partial charge in [0.2, 0.25) is 0 Å². The number of nitrogens with one attached hydrogen (secondary N) is 2. The second-order valence-corrected chi connectivity index (χ2v) is 5.26. The maximum absolute atomic E-state index is 6.08. The van der Waals surface area contributed by atoms with Crippen molar-refractivity contribution >= 4 is 11.6 Å². The molecular weight excluding hydrogens is 250 g/mol. The van der Waals surface area contributed by atoms with Crippen LogP contribution in [0.5, 0.6) is 0 Å². The summed E-state index contributed by atoms with van der Waals surface area (Å²) in [6.07, 6.45) is 8.49. The van der Waals surface area contributed by atoms with Gasteiger partial charge in [-0.3, -0.25) is 4.84 Å². The molecule has 0 unspecified atom stereocenters. The zero-order valence-electron chi connectivity index (χ0n) is 11.0. The van der Waals surface area contributed by atoms with Crippen molar-refractivity contribution in [2.75, 3.05) is 0 Å². The number of imidazole rings is 1. The fourth-order valence-corrected chi connectivity index (χ4v) is 2.47. The highest BCUT2D eigenvalue weighted by Crippen LogP contribution is 2.20. The van der Waals surface area contributed by atoms with Gasteiger partial charge in [-0.05, 0) is 19.3 Å². The highest BCUT2D eigenvalue weighted by molar-refractivity contribution is 6.30. The highest BCUT2D eigenvalue weighted by atomic mass is 35.5. The Kier molecular flexibility index (Phi) is 5.47. The minimum absolute atomic E-state index is 0.367. The molecule has 5 heteroatoms. The second-order valence-electron chi connectivity index (χ2n) is 4.90. The van der Waals surface area contributed by atoms with E-state index in [-0.39, 0.29) is 0 Å². The van der Waals surface area contributed by atoms with Crippen LogP contribution in [0.2, 0.25) is 5.15 Å². The van der Waals surface area contributed by atoms with Gasteiger partial charge in [0, 0.05) is 6.42 Å². The van der Waals surface area contributed by atoms with Crippen LogP contribution < -0.4 is 5.48 Å². The molecule has 1 heterocycles. The van der Waals surface area contributed by atoms with Crippen molar-refractivity contribution in [2.24, 2.45) is 0 Å². The fraction of sp³-hybridized carbons (Fsp3) is 0.769. The van der Waals surface area contributed by atoms with E-state index >= 15 is 0 Å². The van der Waals surface area contributed by atoms with Crippen molar-refractivity contribution in [1.29, 1.82) is 0 Å². The summed E-state index contributed by atoms with van der Waals surface area (Å²) in [6.45, 7) is 2.76. The van der Waals surface area contributed by atoms with Gasteiger partial charge in [0.15, 0.2) is 5.15 Å². The molecule has 1 aromatic heterocycles. The van der Waals surface area contributed by atoms with Gasteiger partial charge in [-0.25, -0.2) is 4.98 Å². The first kappa shape index (κ1) is 13.8. The average Bonchev–Trinajstić information content (AvgIpc) is 2.98. The van der Waals surface area contributed by atoms with Crippen LogP contribution in [0.1, 0.15) is 57.0 Å². The van der Waals surface area contributed by atoms with Crippen LogP contribution in [0, 0.1) is 0 Å². The van der Waals surface area contributed by atoms with Gasteiger partial charge in [-0.15, -0.1) is 0 Å². The van der Waals surface area contributed by atoms with E-state index in [4.69, 9.17) is 16.4 Å². The van der Waals surface area contributed by atoms with Gasteiger partial charge >= 0.3 is 0 Å². The number of H-pyrrole nitrogens is 1. The Bertz CT molecular complexity index is 361. The molecule has 0 amide bonds. The lowest BCUT2D eigenvalue weighted by Gasteiger charge is -2.10. The lowest BCUT2D eigenvalue weighted by atomic mass is 10.2. The molecule has 0 aliphatic heterocycles. The molecular formula is C13H22ClN3O. The van der Waals surface area contributed by atoms with Crippen molar-refractivity contribution in [3.05, 3.63) is 16.7 Å². The van der Waals surface area contributed by atoms with Gasteiger partial charge in [0.1, 0.15) is 5.82 Å². The Morgan fingerprint density at radius 2 is 2.22 bits per heavy atom. The zero-order chi connectivity index (χ0) is 12.8. The molecule has 1 aliphatic carbocycles. The summed E-state index contributed by atoms with van der Waals surface area (Å²) in [6, 6.07) is 0. The molecule has 1 saturated carbocycles. The molecule has 1 aliphatic rings. The quantitative estimate of drug-likeness (QED) is 0.748. The summed E-state index contributed by atoms with van der Waals surface area (Å²) in [5.41, 5.74) is 3.92. The van der Waals surface area contributed by atoms with Crippen molar-refractivity contribution in [1.82, 2.24) is 15.4 Å². The minimum atomic E-state index is 0.367. The van der Waals surface area contributed by atoms with E-state index < -0.39 is 0 Å². The van der Waals surface area contributed by atoms with E-state index in [9.17, 15) is 0 Å². The third kappa shape index (κ3) is 3.97. The third-order valence-electron chi connectivity index (χ3n) is 3.35. The van der Waals surface area contributed by atoms with E-state index in [1.165, 1.54) is 12.8 Å². The van der Waals surface area contributed by atoms with Crippen LogP contribution in [0.4, 0.5) is 0 Å². The molecule has 18 heavy (non-hydrogen) atoms. The number of hydrogen-bond donors (Lipinski definition) is 2. The van der Waals surface area contributed by atoms with Crippen molar-refractivity contribution in [3.8, 4) is 0 Å². The number of hydroxylamine groups is 1. The summed E-state index contributed by atoms with van der Waals surface area (Å²) < 4.78 is 0. The number of hydrogen-bond acceptors (Lipinski definition) is 3. The second kappa shape index (κ2) is 7.12. The number of halogens is 1. The van der Waals surface area contributed by atoms with Gasteiger partial charge in [0.05, 0.1) is 18.3 Å². The Morgan fingerprint density at radius 3 is 2.94 bits per heavy atom. The molecule has 4 nitrogen and oxygen atoms in total. The average molecular weight is 272 g/mol. The van der Waals surface area contributed by atoms with E-state index in [1.54, 1.807) is 0 Å². The smallest absolute Gasteiger partial charge is 0.151 e. The molecule has 2 N–H and O–H groups in total. The van der Waals surface area contributed by atoms with E-state index in [1.807, 2.05) is 0 Å². The van der Waals surface area contributed by atoms with E-state index in [2.05, 4.69) is 22.4 Å². The number of aromatic amines is 1. The molecule has 102 valence electrons. The predicted molar refractivity (Wildman–Crippen MR) is 72.4 cm³/mol. The molecule has 1 aromatic rings. The summed E-state index contributed by atoms with van der Waals surface area (Å²) in [5.74, 6) is 0.972. The fourth-order valence-electron chi connectivity index (χ4n) is 2.26. The zero-order valence-corrected chi connectivity index (χ0v) is 11.7. The maximum atomic E-state index is 6.08. The Morgan fingerprint density at radius 1 is 1.44 bits per heavy atom. The Balaban J connectivity index is 1.75. The molecule has 0 bridgehead atoms. The summed E-state index contributed by atoms with van der Waals surface area (Å²) in [5, 5.41) is 0.559. The lowest BCUT2D eigenvalue weighted by Crippen LogP contribution is -2.21. The SMILES string of the molecule is CCCCc1nc(Cl)c(CNOC2CCCC2)[nH]1. The van der Waals surface area contributed by atoms with Crippen LogP contribution in [0.3, 0.4) is 0 Å². The topological polar surface area (TPSA) is 49.9 Å². The first-order valence-electron chi connectivity index (χ1n) is 6.91. The van der Waals surface area contributed by atoms with Gasteiger partial charge in [0.25, 0.3) is 0 Å². The van der Waals surface area contributed by atoms with Crippen molar-refractivity contribution in [2.45, 2.75) is 64.5 Å². The monoisotopic (exact) mass is 271 g/mol.